The van der Waals surface area contributed by atoms with Gasteiger partial charge in [-0.2, -0.15) is 0 Å². The number of carbonyl (C=O) groups excluding carboxylic acids is 1. The number of sulfonamides is 1. The number of nitrogens with zero attached hydrogens (tertiary/aromatic N) is 2. The van der Waals surface area contributed by atoms with E-state index in [2.05, 4.69) is 14.7 Å². The molecule has 0 atom stereocenters. The van der Waals surface area contributed by atoms with Crippen molar-refractivity contribution in [1.82, 2.24) is 15.3 Å². The average Bonchev–Trinajstić information content (AvgIpc) is 2.66. The number of rotatable bonds is 6. The van der Waals surface area contributed by atoms with Gasteiger partial charge in [0.1, 0.15) is 0 Å². The molecule has 0 saturated heterocycles. The van der Waals surface area contributed by atoms with Crippen molar-refractivity contribution in [2.24, 2.45) is 0 Å². The van der Waals surface area contributed by atoms with Gasteiger partial charge >= 0.3 is 0 Å². The van der Waals surface area contributed by atoms with Crippen LogP contribution in [0.15, 0.2) is 53.4 Å². The van der Waals surface area contributed by atoms with Crippen LogP contribution in [0.5, 0.6) is 0 Å². The van der Waals surface area contributed by atoms with Crippen LogP contribution in [0.3, 0.4) is 0 Å². The van der Waals surface area contributed by atoms with E-state index in [1.807, 2.05) is 5.32 Å². The predicted molar refractivity (Wildman–Crippen MR) is 100 cm³/mol. The standard InChI is InChI=1S/C17H13ClF2N4O3S/c18-15-16(23-13-4-2-1-3-12(13)22-15)24-28(26,27)11-7-5-10(6-8-11)17(25)21-9-14(19)20/h1-8,14H,9H2,(H,21,25)(H,23,24). The van der Waals surface area contributed by atoms with Crippen LogP contribution in [0.2, 0.25) is 5.15 Å². The maximum Gasteiger partial charge on any atom is 0.263 e. The molecule has 1 amide bonds. The lowest BCUT2D eigenvalue weighted by molar-refractivity contribution is 0.0891. The number of fused-ring (bicyclic) bond motifs is 1. The van der Waals surface area contributed by atoms with Crippen LogP contribution in [0.4, 0.5) is 14.6 Å². The van der Waals surface area contributed by atoms with E-state index in [0.29, 0.717) is 11.0 Å². The Morgan fingerprint density at radius 2 is 1.64 bits per heavy atom. The molecule has 1 heterocycles. The summed E-state index contributed by atoms with van der Waals surface area (Å²) in [7, 11) is -4.06. The molecule has 1 aromatic heterocycles. The second kappa shape index (κ2) is 8.03. The molecule has 0 aliphatic carbocycles. The Kier molecular flexibility index (Phi) is 5.71. The summed E-state index contributed by atoms with van der Waals surface area (Å²) in [6.07, 6.45) is -2.68. The van der Waals surface area contributed by atoms with Gasteiger partial charge < -0.3 is 5.32 Å². The molecule has 11 heteroatoms. The van der Waals surface area contributed by atoms with E-state index >= 15 is 0 Å². The molecule has 0 aliphatic rings. The SMILES string of the molecule is O=C(NCC(F)F)c1ccc(S(=O)(=O)Nc2nc3ccccc3nc2Cl)cc1. The molecule has 0 fully saturated rings. The Hall–Kier alpha value is -2.85. The van der Waals surface area contributed by atoms with Crippen molar-refractivity contribution in [3.63, 3.8) is 0 Å². The normalized spacial score (nSPS) is 11.6. The summed E-state index contributed by atoms with van der Waals surface area (Å²) in [4.78, 5) is 19.8. The molecule has 0 spiro atoms. The van der Waals surface area contributed by atoms with E-state index in [1.54, 1.807) is 24.3 Å². The van der Waals surface area contributed by atoms with Crippen molar-refractivity contribution >= 4 is 44.4 Å². The van der Waals surface area contributed by atoms with Gasteiger partial charge in [0.2, 0.25) is 0 Å². The molecular weight excluding hydrogens is 414 g/mol. The van der Waals surface area contributed by atoms with Gasteiger partial charge in [0, 0.05) is 5.56 Å². The van der Waals surface area contributed by atoms with Crippen LogP contribution in [0.25, 0.3) is 11.0 Å². The van der Waals surface area contributed by atoms with Crippen LogP contribution in [0, 0.1) is 0 Å². The summed E-state index contributed by atoms with van der Waals surface area (Å²) in [5, 5.41) is 1.91. The Bertz CT molecular complexity index is 1120. The van der Waals surface area contributed by atoms with E-state index in [1.165, 1.54) is 24.3 Å². The van der Waals surface area contributed by atoms with Gasteiger partial charge in [-0.15, -0.1) is 0 Å². The number of carbonyl (C=O) groups is 1. The molecule has 28 heavy (non-hydrogen) atoms. The average molecular weight is 427 g/mol. The highest BCUT2D eigenvalue weighted by Crippen LogP contribution is 2.24. The highest BCUT2D eigenvalue weighted by Gasteiger charge is 2.19. The molecule has 0 radical (unpaired) electrons. The molecule has 2 N–H and O–H groups in total. The zero-order chi connectivity index (χ0) is 20.3. The van der Waals surface area contributed by atoms with E-state index in [4.69, 9.17) is 11.6 Å². The van der Waals surface area contributed by atoms with E-state index < -0.39 is 28.9 Å². The van der Waals surface area contributed by atoms with Crippen molar-refractivity contribution in [2.75, 3.05) is 11.3 Å². The number of halogens is 3. The lowest BCUT2D eigenvalue weighted by Crippen LogP contribution is -2.28. The van der Waals surface area contributed by atoms with Gasteiger partial charge in [-0.1, -0.05) is 23.7 Å². The van der Waals surface area contributed by atoms with Gasteiger partial charge in [0.15, 0.2) is 11.0 Å². The van der Waals surface area contributed by atoms with Crippen LogP contribution < -0.4 is 10.0 Å². The minimum Gasteiger partial charge on any atom is -0.346 e. The van der Waals surface area contributed by atoms with Crippen molar-refractivity contribution in [1.29, 1.82) is 0 Å². The van der Waals surface area contributed by atoms with Crippen LogP contribution in [0.1, 0.15) is 10.4 Å². The molecule has 0 unspecified atom stereocenters. The van der Waals surface area contributed by atoms with Gasteiger partial charge in [0.05, 0.1) is 22.5 Å². The molecule has 3 rings (SSSR count). The first kappa shape index (κ1) is 19.9. The molecular formula is C17H13ClF2N4O3S. The number of hydrogen-bond donors (Lipinski definition) is 2. The number of nitrogens with one attached hydrogen (secondary N) is 2. The smallest absolute Gasteiger partial charge is 0.263 e. The van der Waals surface area contributed by atoms with Crippen LogP contribution >= 0.6 is 11.6 Å². The highest BCUT2D eigenvalue weighted by atomic mass is 35.5. The van der Waals surface area contributed by atoms with Gasteiger partial charge in [-0.25, -0.2) is 27.2 Å². The molecule has 146 valence electrons. The third kappa shape index (κ3) is 4.52. The van der Waals surface area contributed by atoms with Crippen molar-refractivity contribution in [3.8, 4) is 0 Å². The van der Waals surface area contributed by atoms with Crippen molar-refractivity contribution in [2.45, 2.75) is 11.3 Å². The summed E-state index contributed by atoms with van der Waals surface area (Å²) >= 11 is 6.01. The molecule has 0 aliphatic heterocycles. The molecule has 2 aromatic carbocycles. The Labute approximate surface area is 163 Å². The number of benzene rings is 2. The number of alkyl halides is 2. The maximum atomic E-state index is 12.5. The van der Waals surface area contributed by atoms with Crippen molar-refractivity contribution in [3.05, 3.63) is 59.2 Å². The third-order valence-electron chi connectivity index (χ3n) is 3.60. The zero-order valence-corrected chi connectivity index (χ0v) is 15.6. The fourth-order valence-corrected chi connectivity index (χ4v) is 3.53. The second-order valence-electron chi connectivity index (χ2n) is 5.58. The quantitative estimate of drug-likeness (QED) is 0.630. The molecule has 0 saturated carbocycles. The monoisotopic (exact) mass is 426 g/mol. The largest absolute Gasteiger partial charge is 0.346 e. The fourth-order valence-electron chi connectivity index (χ4n) is 2.29. The summed E-state index contributed by atoms with van der Waals surface area (Å²) < 4.78 is 51.6. The highest BCUT2D eigenvalue weighted by molar-refractivity contribution is 7.92. The lowest BCUT2D eigenvalue weighted by atomic mass is 10.2. The molecule has 0 bridgehead atoms. The second-order valence-corrected chi connectivity index (χ2v) is 7.62. The Morgan fingerprint density at radius 1 is 1.04 bits per heavy atom. The number of hydrogen-bond acceptors (Lipinski definition) is 5. The first-order chi connectivity index (χ1) is 13.3. The summed E-state index contributed by atoms with van der Waals surface area (Å²) in [6.45, 7) is -0.792. The zero-order valence-electron chi connectivity index (χ0n) is 14.1. The third-order valence-corrected chi connectivity index (χ3v) is 5.22. The van der Waals surface area contributed by atoms with Gasteiger partial charge in [-0.05, 0) is 36.4 Å². The van der Waals surface area contributed by atoms with E-state index in [0.717, 1.165) is 0 Å². The maximum absolute atomic E-state index is 12.5. The molecule has 7 nitrogen and oxygen atoms in total. The molecule has 3 aromatic rings. The van der Waals surface area contributed by atoms with Crippen LogP contribution in [-0.4, -0.2) is 37.3 Å². The van der Waals surface area contributed by atoms with E-state index in [-0.39, 0.29) is 21.4 Å². The minimum atomic E-state index is -4.06. The lowest BCUT2D eigenvalue weighted by Gasteiger charge is -2.10. The predicted octanol–water partition coefficient (Wildman–Crippen LogP) is 3.08. The Balaban J connectivity index is 1.81. The summed E-state index contributed by atoms with van der Waals surface area (Å²) in [5.41, 5.74) is 1.01. The number of para-hydroxylation sites is 2. The number of aromatic nitrogens is 2. The van der Waals surface area contributed by atoms with Gasteiger partial charge in [0.25, 0.3) is 22.4 Å². The van der Waals surface area contributed by atoms with E-state index in [9.17, 15) is 22.0 Å². The Morgan fingerprint density at radius 3 is 2.25 bits per heavy atom. The fraction of sp³-hybridized carbons (Fsp3) is 0.118. The first-order valence-electron chi connectivity index (χ1n) is 7.88. The number of anilines is 1. The summed E-state index contributed by atoms with van der Waals surface area (Å²) in [5.74, 6) is -0.875. The topological polar surface area (TPSA) is 101 Å². The van der Waals surface area contributed by atoms with Crippen molar-refractivity contribution < 1.29 is 22.0 Å². The van der Waals surface area contributed by atoms with Crippen LogP contribution in [-0.2, 0) is 10.0 Å². The summed E-state index contributed by atoms with van der Waals surface area (Å²) in [6, 6.07) is 11.6. The minimum absolute atomic E-state index is 0.0446. The van der Waals surface area contributed by atoms with Gasteiger partial charge in [-0.3, -0.25) is 9.52 Å². The number of amides is 1. The first-order valence-corrected chi connectivity index (χ1v) is 9.74.